The molecule has 2 bridgehead atoms. The molecule has 0 saturated carbocycles. The summed E-state index contributed by atoms with van der Waals surface area (Å²) in [7, 11) is 0. The third-order valence-electron chi connectivity index (χ3n) is 7.48. The Balaban J connectivity index is 1.13. The third-order valence-corrected chi connectivity index (χ3v) is 7.48. The summed E-state index contributed by atoms with van der Waals surface area (Å²) in [5, 5.41) is 15.9. The van der Waals surface area contributed by atoms with E-state index < -0.39 is 0 Å². The minimum atomic E-state index is 0.0218. The molecule has 0 radical (unpaired) electrons. The zero-order chi connectivity index (χ0) is 26.5. The van der Waals surface area contributed by atoms with Crippen LogP contribution in [0.5, 0.6) is 0 Å². The van der Waals surface area contributed by atoms with Crippen molar-refractivity contribution < 1.29 is 4.79 Å². The fourth-order valence-corrected chi connectivity index (χ4v) is 5.64. The highest BCUT2D eigenvalue weighted by Gasteiger charge is 2.43. The van der Waals surface area contributed by atoms with Gasteiger partial charge in [-0.15, -0.1) is 0 Å². The molecule has 2 N–H and O–H groups in total. The zero-order valence-corrected chi connectivity index (χ0v) is 21.7. The summed E-state index contributed by atoms with van der Waals surface area (Å²) >= 11 is 0. The van der Waals surface area contributed by atoms with Crippen molar-refractivity contribution in [2.24, 2.45) is 0 Å². The summed E-state index contributed by atoms with van der Waals surface area (Å²) in [6.07, 6.45) is 7.26. The van der Waals surface area contributed by atoms with Crippen molar-refractivity contribution in [1.82, 2.24) is 39.8 Å². The number of para-hydroxylation sites is 1. The van der Waals surface area contributed by atoms with Gasteiger partial charge in [-0.25, -0.2) is 14.6 Å². The molecule has 4 aromatic heterocycles. The topological polar surface area (TPSA) is 121 Å². The van der Waals surface area contributed by atoms with Crippen LogP contribution < -0.4 is 10.2 Å². The highest BCUT2D eigenvalue weighted by atomic mass is 16.2. The SMILES string of the molecule is Cc1cnn(-c2ccc(C(=O)N3C4CCC3CN(c3nc(Nc5cc(C)[nH]n5)c5ccccc5n3)C4)cn2)c1. The summed E-state index contributed by atoms with van der Waals surface area (Å²) < 4.78 is 1.71. The number of rotatable bonds is 5. The summed E-state index contributed by atoms with van der Waals surface area (Å²) in [4.78, 5) is 32.1. The molecule has 7 rings (SSSR count). The van der Waals surface area contributed by atoms with Gasteiger partial charge in [0.15, 0.2) is 11.6 Å². The molecule has 11 heteroatoms. The Bertz CT molecular complexity index is 1660. The van der Waals surface area contributed by atoms with Gasteiger partial charge in [0.25, 0.3) is 5.91 Å². The molecule has 0 spiro atoms. The van der Waals surface area contributed by atoms with Gasteiger partial charge in [0.05, 0.1) is 29.4 Å². The Hall–Kier alpha value is -4.80. The van der Waals surface area contributed by atoms with Gasteiger partial charge >= 0.3 is 0 Å². The number of H-pyrrole nitrogens is 1. The van der Waals surface area contributed by atoms with Crippen molar-refractivity contribution in [1.29, 1.82) is 0 Å². The molecule has 39 heavy (non-hydrogen) atoms. The molecule has 2 aliphatic rings. The molecule has 0 aliphatic carbocycles. The van der Waals surface area contributed by atoms with Crippen LogP contribution in [0.1, 0.15) is 34.5 Å². The van der Waals surface area contributed by atoms with E-state index in [1.165, 1.54) is 0 Å². The molecule has 11 nitrogen and oxygen atoms in total. The lowest BCUT2D eigenvalue weighted by atomic mass is 10.1. The van der Waals surface area contributed by atoms with Crippen LogP contribution in [0.3, 0.4) is 0 Å². The quantitative estimate of drug-likeness (QED) is 0.359. The second kappa shape index (κ2) is 9.19. The van der Waals surface area contributed by atoms with Crippen LogP contribution in [0.15, 0.2) is 61.1 Å². The number of amides is 1. The number of piperazine rings is 1. The fraction of sp³-hybridized carbons (Fsp3) is 0.286. The van der Waals surface area contributed by atoms with Crippen LogP contribution in [-0.2, 0) is 0 Å². The lowest BCUT2D eigenvalue weighted by molar-refractivity contribution is 0.0640. The third kappa shape index (κ3) is 4.25. The van der Waals surface area contributed by atoms with Crippen LogP contribution in [0.25, 0.3) is 16.7 Å². The van der Waals surface area contributed by atoms with Crippen LogP contribution in [0.2, 0.25) is 0 Å². The number of pyridine rings is 1. The predicted molar refractivity (Wildman–Crippen MR) is 147 cm³/mol. The minimum absolute atomic E-state index is 0.0218. The minimum Gasteiger partial charge on any atom is -0.337 e. The average molecular weight is 521 g/mol. The second-order valence-corrected chi connectivity index (χ2v) is 10.3. The number of hydrogen-bond acceptors (Lipinski definition) is 8. The lowest BCUT2D eigenvalue weighted by Gasteiger charge is -2.41. The van der Waals surface area contributed by atoms with E-state index in [1.54, 1.807) is 17.1 Å². The number of aromatic nitrogens is 7. The predicted octanol–water partition coefficient (Wildman–Crippen LogP) is 3.79. The normalized spacial score (nSPS) is 18.6. The molecule has 1 amide bonds. The zero-order valence-electron chi connectivity index (χ0n) is 21.7. The second-order valence-electron chi connectivity index (χ2n) is 10.3. The first-order valence-corrected chi connectivity index (χ1v) is 13.1. The van der Waals surface area contributed by atoms with E-state index in [-0.39, 0.29) is 18.0 Å². The molecule has 1 aromatic carbocycles. The first-order chi connectivity index (χ1) is 19.0. The van der Waals surface area contributed by atoms with Gasteiger partial charge in [0.1, 0.15) is 5.82 Å². The number of hydrogen-bond donors (Lipinski definition) is 2. The Morgan fingerprint density at radius 1 is 1.03 bits per heavy atom. The number of carbonyl (C=O) groups excluding carboxylic acids is 1. The van der Waals surface area contributed by atoms with Crippen molar-refractivity contribution in [2.45, 2.75) is 38.8 Å². The Morgan fingerprint density at radius 3 is 2.54 bits per heavy atom. The van der Waals surface area contributed by atoms with Crippen molar-refractivity contribution in [3.8, 4) is 5.82 Å². The van der Waals surface area contributed by atoms with Gasteiger partial charge in [0, 0.05) is 42.6 Å². The van der Waals surface area contributed by atoms with Gasteiger partial charge < -0.3 is 15.1 Å². The molecule has 2 atom stereocenters. The Morgan fingerprint density at radius 2 is 1.85 bits per heavy atom. The summed E-state index contributed by atoms with van der Waals surface area (Å²) in [6, 6.07) is 13.8. The molecule has 2 aliphatic heterocycles. The molecular formula is C28H28N10O. The summed E-state index contributed by atoms with van der Waals surface area (Å²) in [6.45, 7) is 5.30. The highest BCUT2D eigenvalue weighted by molar-refractivity contribution is 5.95. The van der Waals surface area contributed by atoms with E-state index in [1.807, 2.05) is 67.4 Å². The molecule has 2 saturated heterocycles. The van der Waals surface area contributed by atoms with Gasteiger partial charge in [-0.05, 0) is 56.5 Å². The summed E-state index contributed by atoms with van der Waals surface area (Å²) in [5.74, 6) is 2.79. The van der Waals surface area contributed by atoms with Gasteiger partial charge in [-0.3, -0.25) is 9.89 Å². The summed E-state index contributed by atoms with van der Waals surface area (Å²) in [5.41, 5.74) is 3.48. The van der Waals surface area contributed by atoms with E-state index in [9.17, 15) is 4.79 Å². The van der Waals surface area contributed by atoms with Gasteiger partial charge in [-0.1, -0.05) is 12.1 Å². The van der Waals surface area contributed by atoms with E-state index in [0.717, 1.165) is 35.0 Å². The van der Waals surface area contributed by atoms with E-state index in [2.05, 4.69) is 30.5 Å². The molecule has 5 aromatic rings. The number of fused-ring (bicyclic) bond motifs is 3. The van der Waals surface area contributed by atoms with Gasteiger partial charge in [-0.2, -0.15) is 15.2 Å². The Labute approximate surface area is 224 Å². The maximum absolute atomic E-state index is 13.6. The monoisotopic (exact) mass is 520 g/mol. The first-order valence-electron chi connectivity index (χ1n) is 13.1. The average Bonchev–Trinajstić information content (AvgIpc) is 3.65. The van der Waals surface area contributed by atoms with Crippen LogP contribution in [-0.4, -0.2) is 70.9 Å². The number of carbonyl (C=O) groups is 1. The smallest absolute Gasteiger partial charge is 0.256 e. The molecule has 6 heterocycles. The molecule has 2 unspecified atom stereocenters. The largest absolute Gasteiger partial charge is 0.337 e. The molecule has 2 fully saturated rings. The van der Waals surface area contributed by atoms with E-state index in [4.69, 9.17) is 9.97 Å². The first kappa shape index (κ1) is 23.3. The number of aromatic amines is 1. The van der Waals surface area contributed by atoms with Crippen molar-refractivity contribution in [2.75, 3.05) is 23.3 Å². The number of nitrogens with zero attached hydrogens (tertiary/aromatic N) is 8. The van der Waals surface area contributed by atoms with Crippen molar-refractivity contribution in [3.05, 3.63) is 77.9 Å². The van der Waals surface area contributed by atoms with Gasteiger partial charge in [0.2, 0.25) is 5.95 Å². The number of anilines is 3. The van der Waals surface area contributed by atoms with Crippen LogP contribution in [0.4, 0.5) is 17.6 Å². The van der Waals surface area contributed by atoms with E-state index >= 15 is 0 Å². The fourth-order valence-electron chi connectivity index (χ4n) is 5.64. The Kier molecular flexibility index (Phi) is 5.50. The highest BCUT2D eigenvalue weighted by Crippen LogP contribution is 2.34. The number of aryl methyl sites for hydroxylation is 2. The standard InChI is InChI=1S/C28H28N10O/c1-17-12-30-37(14-17)25-10-7-19(13-29-25)27(39)38-20-8-9-21(38)16-36(15-20)28-31-23-6-4-3-5-22(23)26(33-28)32-24-11-18(2)34-35-24/h3-7,10-14,20-21H,8-9,15-16H2,1-2H3,(H2,31,32,33,34,35). The molecule has 196 valence electrons. The maximum Gasteiger partial charge on any atom is 0.256 e. The lowest BCUT2D eigenvalue weighted by Crippen LogP contribution is -2.56. The van der Waals surface area contributed by atoms with E-state index in [0.29, 0.717) is 42.1 Å². The number of nitrogens with one attached hydrogen (secondary N) is 2. The van der Waals surface area contributed by atoms with Crippen molar-refractivity contribution >= 4 is 34.4 Å². The van der Waals surface area contributed by atoms with Crippen molar-refractivity contribution in [3.63, 3.8) is 0 Å². The van der Waals surface area contributed by atoms with Crippen LogP contribution >= 0.6 is 0 Å². The van der Waals surface area contributed by atoms with Crippen LogP contribution in [0, 0.1) is 13.8 Å². The maximum atomic E-state index is 13.6. The molecular weight excluding hydrogens is 492 g/mol. The number of benzene rings is 1.